The Balaban J connectivity index is 0. The molecule has 9 N–H and O–H groups in total. The molecule has 0 saturated heterocycles. The van der Waals surface area contributed by atoms with Crippen LogP contribution in [0.3, 0.4) is 0 Å². The van der Waals surface area contributed by atoms with Gasteiger partial charge in [-0.3, -0.25) is 0 Å². The Morgan fingerprint density at radius 3 is 1.59 bits per heavy atom. The van der Waals surface area contributed by atoms with Gasteiger partial charge in [0.25, 0.3) is 0 Å². The zero-order chi connectivity index (χ0) is 14.0. The van der Waals surface area contributed by atoms with E-state index in [0.717, 1.165) is 0 Å². The van der Waals surface area contributed by atoms with Crippen LogP contribution in [0.25, 0.3) is 0 Å². The Hall–Kier alpha value is 0.458. The fourth-order valence-electron chi connectivity index (χ4n) is 0.893. The molecule has 17 heavy (non-hydrogen) atoms. The summed E-state index contributed by atoms with van der Waals surface area (Å²) in [7, 11) is 1.57. The van der Waals surface area contributed by atoms with Gasteiger partial charge in [0.15, 0.2) is 0 Å². The minimum absolute atomic E-state index is 0.0936. The summed E-state index contributed by atoms with van der Waals surface area (Å²) in [6.45, 7) is -0.569. The van der Waals surface area contributed by atoms with Gasteiger partial charge in [-0.05, 0) is 7.05 Å². The van der Waals surface area contributed by atoms with Gasteiger partial charge in [-0.15, -0.1) is 0 Å². The molecule has 0 aromatic heterocycles. The second-order valence-corrected chi connectivity index (χ2v) is 4.66. The normalized spacial score (nSPS) is 18.0. The number of hydrogen-bond acceptors (Lipinski definition) is 9. The molecule has 0 bridgehead atoms. The molecule has 0 fully saturated rings. The molecular formula is C7H20NO8Sb. The molecular weight excluding hydrogens is 348 g/mol. The molecule has 0 radical (unpaired) electrons. The maximum absolute atomic E-state index is 9.21. The SMILES string of the molecule is CNCC(O)C(O)C(O)C(O)CO.[OH][Sb]([OH])[OH]. The first-order valence-electron chi connectivity index (χ1n) is 4.62. The summed E-state index contributed by atoms with van der Waals surface area (Å²) in [5.74, 6) is 0. The van der Waals surface area contributed by atoms with E-state index in [1.807, 2.05) is 0 Å². The summed E-state index contributed by atoms with van der Waals surface area (Å²) < 4.78 is 22.0. The molecule has 0 heterocycles. The summed E-state index contributed by atoms with van der Waals surface area (Å²) in [4.78, 5) is 0. The third kappa shape index (κ3) is 11.3. The molecule has 0 aromatic carbocycles. The van der Waals surface area contributed by atoms with Gasteiger partial charge in [0.1, 0.15) is 18.3 Å². The first kappa shape index (κ1) is 19.8. The third-order valence-corrected chi connectivity index (χ3v) is 1.74. The first-order chi connectivity index (χ1) is 7.77. The summed E-state index contributed by atoms with van der Waals surface area (Å²) in [5.41, 5.74) is 0. The standard InChI is InChI=1S/C7H17NO5.3H2O.Sb/c1-8-2-4(10)6(12)7(13)5(11)3-9;;;;/h4-13H,2-3H2,1H3;3*1H2;/q;;;;+3/p-3. The molecule has 0 saturated carbocycles. The average Bonchev–Trinajstić information content (AvgIpc) is 2.25. The van der Waals surface area contributed by atoms with Crippen LogP contribution in [0.5, 0.6) is 0 Å². The van der Waals surface area contributed by atoms with Gasteiger partial charge in [-0.1, -0.05) is 0 Å². The number of nitrogens with one attached hydrogen (secondary N) is 1. The van der Waals surface area contributed by atoms with Crippen LogP contribution < -0.4 is 5.32 Å². The molecule has 4 atom stereocenters. The Morgan fingerprint density at radius 1 is 0.941 bits per heavy atom. The van der Waals surface area contributed by atoms with Crippen LogP contribution in [0.4, 0.5) is 0 Å². The van der Waals surface area contributed by atoms with Crippen molar-refractivity contribution in [3.63, 3.8) is 0 Å². The molecule has 0 rings (SSSR count). The number of rotatable bonds is 6. The molecule has 0 aliphatic heterocycles. The second kappa shape index (κ2) is 11.5. The van der Waals surface area contributed by atoms with E-state index in [-0.39, 0.29) is 6.54 Å². The Labute approximate surface area is 107 Å². The van der Waals surface area contributed by atoms with E-state index < -0.39 is 52.5 Å². The number of likely N-dealkylation sites (N-methyl/N-ethyl adjacent to an activating group) is 1. The molecule has 4 unspecified atom stereocenters. The van der Waals surface area contributed by atoms with Crippen molar-refractivity contribution in [1.82, 2.24) is 5.32 Å². The van der Waals surface area contributed by atoms with E-state index in [0.29, 0.717) is 0 Å². The maximum atomic E-state index is 9.21. The van der Waals surface area contributed by atoms with E-state index >= 15 is 0 Å². The van der Waals surface area contributed by atoms with E-state index in [1.165, 1.54) is 0 Å². The molecule has 0 spiro atoms. The number of aliphatic hydroxyl groups is 5. The fraction of sp³-hybridized carbons (Fsp3) is 1.00. The Kier molecular flexibility index (Phi) is 13.4. The topological polar surface area (TPSA) is 174 Å². The van der Waals surface area contributed by atoms with Crippen LogP contribution in [0, 0.1) is 0 Å². The molecule has 0 amide bonds. The van der Waals surface area contributed by atoms with Crippen molar-refractivity contribution in [2.24, 2.45) is 0 Å². The van der Waals surface area contributed by atoms with Crippen LogP contribution in [-0.2, 0) is 0 Å². The predicted molar refractivity (Wildman–Crippen MR) is 57.5 cm³/mol. The van der Waals surface area contributed by atoms with Crippen LogP contribution in [0.2, 0.25) is 0 Å². The predicted octanol–water partition coefficient (Wildman–Crippen LogP) is -5.41. The van der Waals surface area contributed by atoms with Gasteiger partial charge >= 0.3 is 31.6 Å². The van der Waals surface area contributed by atoms with E-state index in [2.05, 4.69) is 5.32 Å². The van der Waals surface area contributed by atoms with Crippen LogP contribution in [-0.4, -0.2) is 102 Å². The van der Waals surface area contributed by atoms with Crippen molar-refractivity contribution in [1.29, 1.82) is 0 Å². The van der Waals surface area contributed by atoms with Crippen molar-refractivity contribution in [3.8, 4) is 0 Å². The van der Waals surface area contributed by atoms with Gasteiger partial charge in [-0.25, -0.2) is 0 Å². The van der Waals surface area contributed by atoms with Gasteiger partial charge in [0.05, 0.1) is 12.7 Å². The third-order valence-electron chi connectivity index (χ3n) is 1.74. The average molecular weight is 368 g/mol. The zero-order valence-corrected chi connectivity index (χ0v) is 11.8. The van der Waals surface area contributed by atoms with Gasteiger partial charge in [0.2, 0.25) is 0 Å². The fourth-order valence-corrected chi connectivity index (χ4v) is 0.893. The minimum atomic E-state index is -3.45. The molecule has 10 heteroatoms. The van der Waals surface area contributed by atoms with Crippen LogP contribution >= 0.6 is 0 Å². The first-order valence-corrected chi connectivity index (χ1v) is 8.04. The van der Waals surface area contributed by atoms with Gasteiger partial charge in [-0.2, -0.15) is 0 Å². The quantitative estimate of drug-likeness (QED) is 0.207. The summed E-state index contributed by atoms with van der Waals surface area (Å²) in [5, 5.41) is 47.5. The number of hydrogen-bond donors (Lipinski definition) is 9. The second-order valence-electron chi connectivity index (χ2n) is 3.12. The van der Waals surface area contributed by atoms with Crippen LogP contribution in [0.15, 0.2) is 0 Å². The van der Waals surface area contributed by atoms with Gasteiger partial charge < -0.3 is 30.8 Å². The van der Waals surface area contributed by atoms with Crippen LogP contribution in [0.1, 0.15) is 0 Å². The molecule has 0 aliphatic rings. The van der Waals surface area contributed by atoms with Crippen molar-refractivity contribution < 1.29 is 35.7 Å². The summed E-state index contributed by atoms with van der Waals surface area (Å²) in [6.07, 6.45) is -5.65. The zero-order valence-electron chi connectivity index (χ0n) is 9.25. The molecule has 106 valence electrons. The molecule has 0 aliphatic carbocycles. The Morgan fingerprint density at radius 2 is 1.29 bits per heavy atom. The van der Waals surface area contributed by atoms with E-state index in [1.54, 1.807) is 7.05 Å². The molecule has 0 aromatic rings. The van der Waals surface area contributed by atoms with Gasteiger partial charge in [0, 0.05) is 6.54 Å². The van der Waals surface area contributed by atoms with Crippen molar-refractivity contribution in [2.45, 2.75) is 24.4 Å². The van der Waals surface area contributed by atoms with E-state index in [9.17, 15) is 5.11 Å². The summed E-state index contributed by atoms with van der Waals surface area (Å²) >= 11 is -3.45. The monoisotopic (exact) mass is 367 g/mol. The molecule has 9 nitrogen and oxygen atoms in total. The van der Waals surface area contributed by atoms with Crippen molar-refractivity contribution in [3.05, 3.63) is 0 Å². The number of aliphatic hydroxyl groups excluding tert-OH is 5. The summed E-state index contributed by atoms with van der Waals surface area (Å²) in [6, 6.07) is 0. The Bertz CT molecular complexity index is 171. The van der Waals surface area contributed by atoms with Crippen molar-refractivity contribution >= 4 is 21.5 Å². The van der Waals surface area contributed by atoms with Crippen molar-refractivity contribution in [2.75, 3.05) is 20.2 Å². The van der Waals surface area contributed by atoms with E-state index in [4.69, 9.17) is 30.6 Å².